The van der Waals surface area contributed by atoms with Crippen LogP contribution in [-0.4, -0.2) is 45.6 Å². The summed E-state index contributed by atoms with van der Waals surface area (Å²) in [6, 6.07) is 9.57. The second kappa shape index (κ2) is 8.39. The molecule has 0 amide bonds. The van der Waals surface area contributed by atoms with E-state index in [1.165, 1.54) is 12.1 Å². The molecule has 1 aliphatic rings. The molecule has 4 heterocycles. The van der Waals surface area contributed by atoms with Crippen LogP contribution < -0.4 is 5.32 Å². The van der Waals surface area contributed by atoms with Gasteiger partial charge in [0, 0.05) is 41.2 Å². The zero-order valence-corrected chi connectivity index (χ0v) is 17.4. The Kier molecular flexibility index (Phi) is 5.28. The van der Waals surface area contributed by atoms with Crippen LogP contribution in [0.3, 0.4) is 0 Å². The van der Waals surface area contributed by atoms with E-state index in [1.54, 1.807) is 0 Å². The predicted octanol–water partition coefficient (Wildman–Crippen LogP) is 3.88. The van der Waals surface area contributed by atoms with E-state index in [2.05, 4.69) is 20.4 Å². The van der Waals surface area contributed by atoms with Gasteiger partial charge in [-0.3, -0.25) is 14.7 Å². The van der Waals surface area contributed by atoms with Crippen LogP contribution in [0.4, 0.5) is 8.78 Å². The highest BCUT2D eigenvalue weighted by Gasteiger charge is 2.19. The van der Waals surface area contributed by atoms with Crippen LogP contribution in [0.2, 0.25) is 0 Å². The van der Waals surface area contributed by atoms with Crippen molar-refractivity contribution in [3.05, 3.63) is 84.0 Å². The lowest BCUT2D eigenvalue weighted by Crippen LogP contribution is -2.14. The molecule has 0 unspecified atom stereocenters. The van der Waals surface area contributed by atoms with Gasteiger partial charge in [-0.15, -0.1) is 0 Å². The smallest absolute Gasteiger partial charge is 0.159 e. The van der Waals surface area contributed by atoms with Gasteiger partial charge in [-0.05, 0) is 43.4 Å². The second-order valence-corrected chi connectivity index (χ2v) is 7.49. The number of aromatic nitrogens is 4. The van der Waals surface area contributed by atoms with Gasteiger partial charge in [-0.2, -0.15) is 5.10 Å². The van der Waals surface area contributed by atoms with E-state index in [1.807, 2.05) is 54.6 Å². The molecule has 3 aromatic heterocycles. The minimum absolute atomic E-state index is 0.466. The Labute approximate surface area is 183 Å². The summed E-state index contributed by atoms with van der Waals surface area (Å²) in [5, 5.41) is 7.50. The van der Waals surface area contributed by atoms with Gasteiger partial charge in [0.15, 0.2) is 11.6 Å². The zero-order valence-electron chi connectivity index (χ0n) is 17.4. The van der Waals surface area contributed by atoms with Crippen LogP contribution in [0.15, 0.2) is 66.1 Å². The number of hydrogen-bond acceptors (Lipinski definition) is 5. The number of hydrogen-bond donors (Lipinski definition) is 1. The molecule has 1 N–H and O–H groups in total. The van der Waals surface area contributed by atoms with E-state index < -0.39 is 11.6 Å². The Balaban J connectivity index is 1.48. The molecule has 0 bridgehead atoms. The molecule has 4 aromatic rings. The highest BCUT2D eigenvalue weighted by Crippen LogP contribution is 2.27. The Morgan fingerprint density at radius 3 is 2.72 bits per heavy atom. The number of fused-ring (bicyclic) bond motifs is 1. The van der Waals surface area contributed by atoms with Crippen molar-refractivity contribution in [1.29, 1.82) is 0 Å². The summed E-state index contributed by atoms with van der Waals surface area (Å²) >= 11 is 0. The summed E-state index contributed by atoms with van der Waals surface area (Å²) in [6.07, 6.45) is 7.55. The van der Waals surface area contributed by atoms with E-state index in [9.17, 15) is 8.78 Å². The molecule has 0 radical (unpaired) electrons. The first-order chi connectivity index (χ1) is 15.6. The number of halogens is 2. The van der Waals surface area contributed by atoms with Crippen LogP contribution in [0.25, 0.3) is 27.7 Å². The van der Waals surface area contributed by atoms with Crippen LogP contribution in [0, 0.1) is 11.6 Å². The topological polar surface area (TPSA) is 68.0 Å². The van der Waals surface area contributed by atoms with Crippen molar-refractivity contribution in [2.45, 2.75) is 6.54 Å². The van der Waals surface area contributed by atoms with Crippen molar-refractivity contribution < 1.29 is 8.78 Å². The van der Waals surface area contributed by atoms with Gasteiger partial charge in [0.25, 0.3) is 0 Å². The van der Waals surface area contributed by atoms with Crippen molar-refractivity contribution in [3.8, 4) is 11.1 Å². The largest absolute Gasteiger partial charge is 0.318 e. The van der Waals surface area contributed by atoms with Crippen molar-refractivity contribution in [2.75, 3.05) is 20.1 Å². The van der Waals surface area contributed by atoms with Gasteiger partial charge >= 0.3 is 0 Å². The number of nitrogens with zero attached hydrogens (tertiary/aromatic N) is 5. The fourth-order valence-electron chi connectivity index (χ4n) is 3.70. The van der Waals surface area contributed by atoms with Crippen molar-refractivity contribution in [1.82, 2.24) is 25.1 Å². The summed E-state index contributed by atoms with van der Waals surface area (Å²) < 4.78 is 29.0. The minimum Gasteiger partial charge on any atom is -0.318 e. The molecule has 0 saturated heterocycles. The first kappa shape index (κ1) is 20.1. The zero-order chi connectivity index (χ0) is 22.1. The molecule has 0 aliphatic carbocycles. The molecular weight excluding hydrogens is 410 g/mol. The minimum atomic E-state index is -0.896. The third-order valence-electron chi connectivity index (χ3n) is 5.36. The molecule has 0 spiro atoms. The van der Waals surface area contributed by atoms with E-state index in [0.29, 0.717) is 23.5 Å². The maximum absolute atomic E-state index is 13.8. The molecule has 32 heavy (non-hydrogen) atoms. The Bertz CT molecular complexity index is 1370. The van der Waals surface area contributed by atoms with Gasteiger partial charge in [-0.1, -0.05) is 6.08 Å². The fourth-order valence-corrected chi connectivity index (χ4v) is 3.70. The van der Waals surface area contributed by atoms with Crippen LogP contribution in [0.5, 0.6) is 0 Å². The quantitative estimate of drug-likeness (QED) is 0.504. The average molecular weight is 430 g/mol. The first-order valence-corrected chi connectivity index (χ1v) is 10.3. The molecule has 0 atom stereocenters. The highest BCUT2D eigenvalue weighted by atomic mass is 19.2. The number of pyridine rings is 2. The normalized spacial score (nSPS) is 13.5. The van der Waals surface area contributed by atoms with Crippen molar-refractivity contribution in [3.63, 3.8) is 0 Å². The molecule has 160 valence electrons. The SMILES string of the molecule is CNCCn1cc(-c2cnc3ccc(C4=CCN=C4c4ccc(F)c(F)c4)nc3c2)cn1. The monoisotopic (exact) mass is 430 g/mol. The molecule has 0 saturated carbocycles. The molecule has 5 rings (SSSR count). The number of aliphatic imine (C=N–C) groups is 1. The number of benzene rings is 1. The molecule has 0 fully saturated rings. The summed E-state index contributed by atoms with van der Waals surface area (Å²) in [4.78, 5) is 13.8. The molecule has 6 nitrogen and oxygen atoms in total. The average Bonchev–Trinajstić information content (AvgIpc) is 3.49. The molecule has 1 aromatic carbocycles. The van der Waals surface area contributed by atoms with Gasteiger partial charge in [0.2, 0.25) is 0 Å². The third kappa shape index (κ3) is 3.80. The molecule has 8 heteroatoms. The van der Waals surface area contributed by atoms with E-state index in [4.69, 9.17) is 4.98 Å². The Morgan fingerprint density at radius 2 is 1.88 bits per heavy atom. The Hall–Kier alpha value is -3.78. The lowest BCUT2D eigenvalue weighted by Gasteiger charge is -2.09. The number of rotatable bonds is 6. The third-order valence-corrected chi connectivity index (χ3v) is 5.36. The second-order valence-electron chi connectivity index (χ2n) is 7.49. The lowest BCUT2D eigenvalue weighted by atomic mass is 10.00. The lowest BCUT2D eigenvalue weighted by molar-refractivity contribution is 0.508. The van der Waals surface area contributed by atoms with Crippen LogP contribution >= 0.6 is 0 Å². The molecule has 1 aliphatic heterocycles. The van der Waals surface area contributed by atoms with Crippen molar-refractivity contribution >= 4 is 22.3 Å². The van der Waals surface area contributed by atoms with Gasteiger partial charge in [-0.25, -0.2) is 13.8 Å². The van der Waals surface area contributed by atoms with E-state index in [-0.39, 0.29) is 0 Å². The molecular formula is C24H20F2N6. The van der Waals surface area contributed by atoms with Crippen LogP contribution in [0.1, 0.15) is 11.3 Å². The number of nitrogens with one attached hydrogen (secondary N) is 1. The number of allylic oxidation sites excluding steroid dienone is 1. The number of likely N-dealkylation sites (N-methyl/N-ethyl adjacent to an activating group) is 1. The van der Waals surface area contributed by atoms with Gasteiger partial charge in [0.05, 0.1) is 41.7 Å². The summed E-state index contributed by atoms with van der Waals surface area (Å²) in [5.41, 5.74) is 6.02. The van der Waals surface area contributed by atoms with E-state index >= 15 is 0 Å². The van der Waals surface area contributed by atoms with Crippen LogP contribution in [-0.2, 0) is 6.54 Å². The summed E-state index contributed by atoms with van der Waals surface area (Å²) in [5.74, 6) is -1.78. The summed E-state index contributed by atoms with van der Waals surface area (Å²) in [6.45, 7) is 2.08. The first-order valence-electron chi connectivity index (χ1n) is 10.3. The standard InChI is InChI=1S/C24H20F2N6/c1-27-8-9-32-14-17(13-30-32)16-11-23-22(29-12-16)5-4-21(31-23)18-6-7-28-24(18)15-2-3-19(25)20(26)10-15/h2-6,10-14,27H,7-9H2,1H3. The predicted molar refractivity (Wildman–Crippen MR) is 120 cm³/mol. The Morgan fingerprint density at radius 1 is 0.969 bits per heavy atom. The summed E-state index contributed by atoms with van der Waals surface area (Å²) in [7, 11) is 1.91. The van der Waals surface area contributed by atoms with Gasteiger partial charge in [0.1, 0.15) is 0 Å². The fraction of sp³-hybridized carbons (Fsp3) is 0.167. The maximum atomic E-state index is 13.8. The highest BCUT2D eigenvalue weighted by molar-refractivity contribution is 6.32. The maximum Gasteiger partial charge on any atom is 0.159 e. The van der Waals surface area contributed by atoms with E-state index in [0.717, 1.165) is 46.9 Å². The van der Waals surface area contributed by atoms with Crippen molar-refractivity contribution in [2.24, 2.45) is 4.99 Å². The van der Waals surface area contributed by atoms with Gasteiger partial charge < -0.3 is 5.32 Å².